The maximum Gasteiger partial charge on any atom is 0.345 e. The van der Waals surface area contributed by atoms with Gasteiger partial charge in [-0.3, -0.25) is 4.79 Å². The number of rotatable bonds is 7. The van der Waals surface area contributed by atoms with Gasteiger partial charge in [0.15, 0.2) is 0 Å². The monoisotopic (exact) mass is 405 g/mol. The molecule has 6 nitrogen and oxygen atoms in total. The zero-order chi connectivity index (χ0) is 21.7. The maximum atomic E-state index is 13.0. The van der Waals surface area contributed by atoms with Gasteiger partial charge in [0.1, 0.15) is 5.75 Å². The molecule has 0 atom stereocenters. The van der Waals surface area contributed by atoms with Crippen LogP contribution >= 0.6 is 0 Å². The molecule has 1 aromatic heterocycles. The number of nitrogens with one attached hydrogen (secondary N) is 1. The van der Waals surface area contributed by atoms with Crippen LogP contribution in [0.3, 0.4) is 0 Å². The molecule has 1 heterocycles. The van der Waals surface area contributed by atoms with E-state index in [0.717, 1.165) is 24.0 Å². The molecule has 0 radical (unpaired) electrons. The zero-order valence-corrected chi connectivity index (χ0v) is 17.6. The van der Waals surface area contributed by atoms with Gasteiger partial charge in [0.2, 0.25) is 0 Å². The standard InChI is InChI=1S/C24H27N3O3/c1-4-11-27(12-5-2)23(29)19-8-6-7-17(14-19)20-15-21(26-24(30)25-20)18-9-10-22(28)16(3)13-18/h6-10,13-15,28H,4-5,11-12H2,1-3H3,(H,25,26,30). The summed E-state index contributed by atoms with van der Waals surface area (Å²) in [4.78, 5) is 33.9. The fraction of sp³-hybridized carbons (Fsp3) is 0.292. The third kappa shape index (κ3) is 4.76. The van der Waals surface area contributed by atoms with E-state index in [9.17, 15) is 14.7 Å². The van der Waals surface area contributed by atoms with E-state index in [2.05, 4.69) is 23.8 Å². The second kappa shape index (κ2) is 9.39. The van der Waals surface area contributed by atoms with Gasteiger partial charge in [-0.2, -0.15) is 4.98 Å². The van der Waals surface area contributed by atoms with Crippen LogP contribution in [-0.2, 0) is 0 Å². The molecule has 2 N–H and O–H groups in total. The fourth-order valence-electron chi connectivity index (χ4n) is 3.43. The van der Waals surface area contributed by atoms with Gasteiger partial charge in [-0.1, -0.05) is 26.0 Å². The summed E-state index contributed by atoms with van der Waals surface area (Å²) in [5.41, 5.74) is 3.40. The Morgan fingerprint density at radius 2 is 1.77 bits per heavy atom. The number of aryl methyl sites for hydroxylation is 1. The molecule has 0 fully saturated rings. The number of aromatic nitrogens is 2. The molecule has 0 aliphatic carbocycles. The first kappa shape index (κ1) is 21.3. The molecule has 6 heteroatoms. The summed E-state index contributed by atoms with van der Waals surface area (Å²) in [5.74, 6) is 0.185. The fourth-order valence-corrected chi connectivity index (χ4v) is 3.43. The lowest BCUT2D eigenvalue weighted by atomic mass is 10.0. The second-order valence-electron chi connectivity index (χ2n) is 7.36. The molecule has 3 rings (SSSR count). The number of H-pyrrole nitrogens is 1. The predicted octanol–water partition coefficient (Wildman–Crippen LogP) is 4.38. The maximum absolute atomic E-state index is 13.0. The van der Waals surface area contributed by atoms with Crippen LogP contribution in [0.15, 0.2) is 53.3 Å². The smallest absolute Gasteiger partial charge is 0.345 e. The summed E-state index contributed by atoms with van der Waals surface area (Å²) < 4.78 is 0. The van der Waals surface area contributed by atoms with Gasteiger partial charge < -0.3 is 15.0 Å². The number of amides is 1. The van der Waals surface area contributed by atoms with E-state index >= 15 is 0 Å². The number of phenols is 1. The average molecular weight is 405 g/mol. The molecule has 2 aromatic carbocycles. The average Bonchev–Trinajstić information content (AvgIpc) is 2.74. The first-order valence-corrected chi connectivity index (χ1v) is 10.2. The van der Waals surface area contributed by atoms with E-state index in [0.29, 0.717) is 35.6 Å². The number of hydrogen-bond donors (Lipinski definition) is 2. The summed E-state index contributed by atoms with van der Waals surface area (Å²) in [6.45, 7) is 7.34. The third-order valence-electron chi connectivity index (χ3n) is 4.93. The minimum absolute atomic E-state index is 0.00802. The topological polar surface area (TPSA) is 86.3 Å². The van der Waals surface area contributed by atoms with Gasteiger partial charge in [-0.25, -0.2) is 4.79 Å². The molecule has 0 aliphatic rings. The van der Waals surface area contributed by atoms with E-state index in [1.807, 2.05) is 17.0 Å². The lowest BCUT2D eigenvalue weighted by Crippen LogP contribution is -2.32. The van der Waals surface area contributed by atoms with E-state index in [1.165, 1.54) is 0 Å². The molecule has 0 saturated carbocycles. The van der Waals surface area contributed by atoms with E-state index in [-0.39, 0.29) is 11.7 Å². The largest absolute Gasteiger partial charge is 0.508 e. The van der Waals surface area contributed by atoms with Crippen LogP contribution in [0.1, 0.15) is 42.6 Å². The molecule has 0 spiro atoms. The van der Waals surface area contributed by atoms with Crippen molar-refractivity contribution in [1.82, 2.24) is 14.9 Å². The van der Waals surface area contributed by atoms with Crippen molar-refractivity contribution < 1.29 is 9.90 Å². The normalized spacial score (nSPS) is 10.8. The quantitative estimate of drug-likeness (QED) is 0.611. The highest BCUT2D eigenvalue weighted by Gasteiger charge is 2.15. The SMILES string of the molecule is CCCN(CCC)C(=O)c1cccc(-c2cc(-c3ccc(O)c(C)c3)nc(=O)[nH]2)c1. The first-order valence-electron chi connectivity index (χ1n) is 10.2. The van der Waals surface area contributed by atoms with Crippen LogP contribution in [-0.4, -0.2) is 39.0 Å². The highest BCUT2D eigenvalue weighted by molar-refractivity contribution is 5.95. The number of carbonyl (C=O) groups is 1. The second-order valence-corrected chi connectivity index (χ2v) is 7.36. The minimum Gasteiger partial charge on any atom is -0.508 e. The van der Waals surface area contributed by atoms with E-state index < -0.39 is 5.69 Å². The molecular formula is C24H27N3O3. The molecule has 1 amide bonds. The van der Waals surface area contributed by atoms with Gasteiger partial charge >= 0.3 is 5.69 Å². The molecule has 0 bridgehead atoms. The van der Waals surface area contributed by atoms with Gasteiger partial charge in [-0.15, -0.1) is 0 Å². The van der Waals surface area contributed by atoms with Crippen LogP contribution in [0.4, 0.5) is 0 Å². The molecule has 0 saturated heterocycles. The Labute approximate surface area is 176 Å². The van der Waals surface area contributed by atoms with Gasteiger partial charge in [-0.05, 0) is 67.3 Å². The van der Waals surface area contributed by atoms with Crippen molar-refractivity contribution in [3.8, 4) is 28.3 Å². The minimum atomic E-state index is -0.469. The van der Waals surface area contributed by atoms with Crippen molar-refractivity contribution in [2.75, 3.05) is 13.1 Å². The molecule has 156 valence electrons. The Kier molecular flexibility index (Phi) is 6.67. The van der Waals surface area contributed by atoms with Crippen molar-refractivity contribution in [2.45, 2.75) is 33.6 Å². The number of aromatic hydroxyl groups is 1. The molecule has 0 unspecified atom stereocenters. The van der Waals surface area contributed by atoms with Crippen molar-refractivity contribution >= 4 is 5.91 Å². The van der Waals surface area contributed by atoms with Crippen molar-refractivity contribution in [3.63, 3.8) is 0 Å². The van der Waals surface area contributed by atoms with Crippen molar-refractivity contribution in [2.24, 2.45) is 0 Å². The number of hydrogen-bond acceptors (Lipinski definition) is 4. The molecule has 30 heavy (non-hydrogen) atoms. The van der Waals surface area contributed by atoms with Gasteiger partial charge in [0.25, 0.3) is 5.91 Å². The summed E-state index contributed by atoms with van der Waals surface area (Å²) in [5, 5.41) is 9.76. The van der Waals surface area contributed by atoms with Crippen molar-refractivity contribution in [3.05, 3.63) is 70.1 Å². The van der Waals surface area contributed by atoms with Crippen LogP contribution in [0.25, 0.3) is 22.5 Å². The molecule has 0 aliphatic heterocycles. The Morgan fingerprint density at radius 1 is 1.03 bits per heavy atom. The molecule has 3 aromatic rings. The summed E-state index contributed by atoms with van der Waals surface area (Å²) >= 11 is 0. The number of phenolic OH excluding ortho intramolecular Hbond substituents is 1. The van der Waals surface area contributed by atoms with E-state index in [1.54, 1.807) is 43.3 Å². The van der Waals surface area contributed by atoms with Gasteiger partial charge in [0, 0.05) is 24.2 Å². The van der Waals surface area contributed by atoms with Gasteiger partial charge in [0.05, 0.1) is 11.4 Å². The molecular weight excluding hydrogens is 378 g/mol. The van der Waals surface area contributed by atoms with Crippen LogP contribution in [0.2, 0.25) is 0 Å². The first-order chi connectivity index (χ1) is 14.4. The zero-order valence-electron chi connectivity index (χ0n) is 17.6. The van der Waals surface area contributed by atoms with E-state index in [4.69, 9.17) is 0 Å². The lowest BCUT2D eigenvalue weighted by molar-refractivity contribution is 0.0755. The highest BCUT2D eigenvalue weighted by atomic mass is 16.3. The highest BCUT2D eigenvalue weighted by Crippen LogP contribution is 2.26. The number of aromatic amines is 1. The Hall–Kier alpha value is -3.41. The van der Waals surface area contributed by atoms with Crippen LogP contribution in [0.5, 0.6) is 5.75 Å². The van der Waals surface area contributed by atoms with Crippen molar-refractivity contribution in [1.29, 1.82) is 0 Å². The Morgan fingerprint density at radius 3 is 2.43 bits per heavy atom. The number of nitrogens with zero attached hydrogens (tertiary/aromatic N) is 2. The Balaban J connectivity index is 1.99. The summed E-state index contributed by atoms with van der Waals surface area (Å²) in [7, 11) is 0. The van der Waals surface area contributed by atoms with Crippen LogP contribution in [0, 0.1) is 6.92 Å². The Bertz CT molecular complexity index is 1100. The lowest BCUT2D eigenvalue weighted by Gasteiger charge is -2.21. The number of benzene rings is 2. The van der Waals surface area contributed by atoms with Crippen LogP contribution < -0.4 is 5.69 Å². The summed E-state index contributed by atoms with van der Waals surface area (Å²) in [6, 6.07) is 14.2. The number of carbonyl (C=O) groups excluding carboxylic acids is 1. The third-order valence-corrected chi connectivity index (χ3v) is 4.93. The predicted molar refractivity (Wildman–Crippen MR) is 119 cm³/mol. The summed E-state index contributed by atoms with van der Waals surface area (Å²) in [6.07, 6.45) is 1.80.